The molecule has 0 saturated carbocycles. The van der Waals surface area contributed by atoms with Crippen molar-refractivity contribution in [2.24, 2.45) is 17.6 Å². The van der Waals surface area contributed by atoms with E-state index in [1.54, 1.807) is 0 Å². The Kier molecular flexibility index (Phi) is 7.48. The van der Waals surface area contributed by atoms with Crippen molar-refractivity contribution in [1.29, 1.82) is 0 Å². The Bertz CT molecular complexity index is 551. The number of aliphatic carboxylic acids is 1. The molecule has 3 nitrogen and oxygen atoms in total. The Morgan fingerprint density at radius 2 is 1.87 bits per heavy atom. The SMILES string of the molecule is CCC(CCCc1c(F)cc(F)c(F)c1F)CC(CN)C(=O)O. The van der Waals surface area contributed by atoms with Crippen LogP contribution in [0.5, 0.6) is 0 Å². The van der Waals surface area contributed by atoms with Crippen molar-refractivity contribution in [3.05, 3.63) is 34.9 Å². The van der Waals surface area contributed by atoms with Gasteiger partial charge in [-0.2, -0.15) is 0 Å². The van der Waals surface area contributed by atoms with Gasteiger partial charge in [-0.3, -0.25) is 4.79 Å². The molecule has 0 saturated heterocycles. The second kappa shape index (κ2) is 8.86. The van der Waals surface area contributed by atoms with Crippen LogP contribution in [0.1, 0.15) is 38.2 Å². The van der Waals surface area contributed by atoms with Gasteiger partial charge in [-0.1, -0.05) is 19.8 Å². The van der Waals surface area contributed by atoms with Gasteiger partial charge in [0, 0.05) is 18.2 Å². The van der Waals surface area contributed by atoms with Gasteiger partial charge >= 0.3 is 5.97 Å². The summed E-state index contributed by atoms with van der Waals surface area (Å²) in [5, 5.41) is 8.99. The Morgan fingerprint density at radius 1 is 1.22 bits per heavy atom. The Labute approximate surface area is 132 Å². The van der Waals surface area contributed by atoms with E-state index in [-0.39, 0.29) is 18.9 Å². The summed E-state index contributed by atoms with van der Waals surface area (Å²) in [6, 6.07) is 0.333. The highest BCUT2D eigenvalue weighted by atomic mass is 19.2. The molecule has 0 aromatic heterocycles. The first kappa shape index (κ1) is 19.4. The van der Waals surface area contributed by atoms with E-state index in [0.717, 1.165) is 0 Å². The lowest BCUT2D eigenvalue weighted by molar-refractivity contribution is -0.142. The first-order chi connectivity index (χ1) is 10.8. The van der Waals surface area contributed by atoms with Crippen LogP contribution in [0.15, 0.2) is 6.07 Å². The minimum Gasteiger partial charge on any atom is -0.481 e. The van der Waals surface area contributed by atoms with Crippen LogP contribution in [-0.4, -0.2) is 17.6 Å². The van der Waals surface area contributed by atoms with Gasteiger partial charge in [0.15, 0.2) is 17.5 Å². The van der Waals surface area contributed by atoms with Crippen LogP contribution in [-0.2, 0) is 11.2 Å². The molecular weight excluding hydrogens is 314 g/mol. The Hall–Kier alpha value is -1.63. The molecule has 0 spiro atoms. The molecule has 1 rings (SSSR count). The van der Waals surface area contributed by atoms with E-state index in [0.29, 0.717) is 31.7 Å². The fraction of sp³-hybridized carbons (Fsp3) is 0.562. The van der Waals surface area contributed by atoms with E-state index in [1.807, 2.05) is 6.92 Å². The molecule has 0 aliphatic heterocycles. The molecule has 0 heterocycles. The second-order valence-electron chi connectivity index (χ2n) is 5.62. The Balaban J connectivity index is 2.65. The summed E-state index contributed by atoms with van der Waals surface area (Å²) in [7, 11) is 0. The van der Waals surface area contributed by atoms with Crippen molar-refractivity contribution < 1.29 is 27.5 Å². The lowest BCUT2D eigenvalue weighted by Gasteiger charge is -2.19. The van der Waals surface area contributed by atoms with Crippen molar-refractivity contribution in [1.82, 2.24) is 0 Å². The molecule has 0 amide bonds. The van der Waals surface area contributed by atoms with Crippen LogP contribution in [0, 0.1) is 35.1 Å². The fourth-order valence-corrected chi connectivity index (χ4v) is 2.59. The zero-order valence-corrected chi connectivity index (χ0v) is 12.9. The summed E-state index contributed by atoms with van der Waals surface area (Å²) in [6.07, 6.45) is 1.87. The molecule has 3 N–H and O–H groups in total. The van der Waals surface area contributed by atoms with Gasteiger partial charge in [0.1, 0.15) is 5.82 Å². The molecule has 1 aromatic carbocycles. The molecule has 0 aliphatic rings. The summed E-state index contributed by atoms with van der Waals surface area (Å²) in [4.78, 5) is 11.0. The lowest BCUT2D eigenvalue weighted by Crippen LogP contribution is -2.25. The first-order valence-corrected chi connectivity index (χ1v) is 7.56. The molecule has 1 aromatic rings. The molecule has 23 heavy (non-hydrogen) atoms. The summed E-state index contributed by atoms with van der Waals surface area (Å²) < 4.78 is 53.1. The van der Waals surface area contributed by atoms with Crippen molar-refractivity contribution in [2.75, 3.05) is 6.54 Å². The maximum absolute atomic E-state index is 13.6. The highest BCUT2D eigenvalue weighted by Gasteiger charge is 2.22. The molecule has 7 heteroatoms. The molecule has 0 radical (unpaired) electrons. The van der Waals surface area contributed by atoms with Gasteiger partial charge in [0.2, 0.25) is 0 Å². The topological polar surface area (TPSA) is 63.3 Å². The lowest BCUT2D eigenvalue weighted by atomic mass is 9.88. The van der Waals surface area contributed by atoms with Crippen LogP contribution >= 0.6 is 0 Å². The summed E-state index contributed by atoms with van der Waals surface area (Å²) >= 11 is 0. The second-order valence-corrected chi connectivity index (χ2v) is 5.62. The zero-order valence-electron chi connectivity index (χ0n) is 12.9. The average molecular weight is 335 g/mol. The van der Waals surface area contributed by atoms with Crippen molar-refractivity contribution in [3.8, 4) is 0 Å². The van der Waals surface area contributed by atoms with Crippen LogP contribution in [0.25, 0.3) is 0 Å². The van der Waals surface area contributed by atoms with Crippen LogP contribution < -0.4 is 5.73 Å². The highest BCUT2D eigenvalue weighted by Crippen LogP contribution is 2.25. The van der Waals surface area contributed by atoms with Gasteiger partial charge in [-0.05, 0) is 25.2 Å². The van der Waals surface area contributed by atoms with Gasteiger partial charge in [0.05, 0.1) is 5.92 Å². The van der Waals surface area contributed by atoms with E-state index in [2.05, 4.69) is 0 Å². The zero-order chi connectivity index (χ0) is 17.6. The van der Waals surface area contributed by atoms with Crippen molar-refractivity contribution >= 4 is 5.97 Å². The average Bonchev–Trinajstić information content (AvgIpc) is 2.51. The quantitative estimate of drug-likeness (QED) is 0.411. The van der Waals surface area contributed by atoms with E-state index >= 15 is 0 Å². The van der Waals surface area contributed by atoms with Gasteiger partial charge in [-0.15, -0.1) is 0 Å². The highest BCUT2D eigenvalue weighted by molar-refractivity contribution is 5.70. The van der Waals surface area contributed by atoms with Crippen molar-refractivity contribution in [2.45, 2.75) is 39.0 Å². The number of nitrogens with two attached hydrogens (primary N) is 1. The van der Waals surface area contributed by atoms with E-state index < -0.39 is 40.7 Å². The molecule has 2 atom stereocenters. The number of carboxylic acids is 1. The summed E-state index contributed by atoms with van der Waals surface area (Å²) in [6.45, 7) is 1.91. The van der Waals surface area contributed by atoms with Crippen LogP contribution in [0.4, 0.5) is 17.6 Å². The summed E-state index contributed by atoms with van der Waals surface area (Å²) in [5.41, 5.74) is 4.93. The maximum atomic E-state index is 13.6. The minimum absolute atomic E-state index is 0.0261. The van der Waals surface area contributed by atoms with Gasteiger partial charge < -0.3 is 10.8 Å². The normalized spacial score (nSPS) is 13.8. The predicted octanol–water partition coefficient (Wildman–Crippen LogP) is 3.64. The predicted molar refractivity (Wildman–Crippen MR) is 77.8 cm³/mol. The molecule has 0 aliphatic carbocycles. The minimum atomic E-state index is -1.68. The summed E-state index contributed by atoms with van der Waals surface area (Å²) in [5.74, 6) is -7.43. The van der Waals surface area contributed by atoms with E-state index in [9.17, 15) is 22.4 Å². The van der Waals surface area contributed by atoms with E-state index in [1.165, 1.54) is 0 Å². The first-order valence-electron chi connectivity index (χ1n) is 7.56. The fourth-order valence-electron chi connectivity index (χ4n) is 2.59. The third-order valence-corrected chi connectivity index (χ3v) is 4.08. The van der Waals surface area contributed by atoms with Gasteiger partial charge in [0.25, 0.3) is 0 Å². The number of carbonyl (C=O) groups is 1. The Morgan fingerprint density at radius 3 is 2.39 bits per heavy atom. The van der Waals surface area contributed by atoms with Crippen LogP contribution in [0.2, 0.25) is 0 Å². The largest absolute Gasteiger partial charge is 0.481 e. The molecule has 0 fully saturated rings. The van der Waals surface area contributed by atoms with Gasteiger partial charge in [-0.25, -0.2) is 17.6 Å². The number of hydrogen-bond acceptors (Lipinski definition) is 2. The standard InChI is InChI=1S/C16H21F4NO2/c1-2-9(6-10(8-21)16(22)23)4-3-5-11-12(17)7-13(18)15(20)14(11)19/h7,9-10H,2-6,8,21H2,1H3,(H,22,23). The third-order valence-electron chi connectivity index (χ3n) is 4.08. The van der Waals surface area contributed by atoms with E-state index in [4.69, 9.17) is 10.8 Å². The number of benzene rings is 1. The molecule has 0 bridgehead atoms. The maximum Gasteiger partial charge on any atom is 0.307 e. The molecular formula is C16H21F4NO2. The number of rotatable bonds is 9. The molecule has 130 valence electrons. The monoisotopic (exact) mass is 335 g/mol. The number of hydrogen-bond donors (Lipinski definition) is 2. The number of carboxylic acid groups (broad SMARTS) is 1. The van der Waals surface area contributed by atoms with Crippen LogP contribution in [0.3, 0.4) is 0 Å². The van der Waals surface area contributed by atoms with Crippen molar-refractivity contribution in [3.63, 3.8) is 0 Å². The number of halogens is 4. The third kappa shape index (κ3) is 5.20. The smallest absolute Gasteiger partial charge is 0.307 e. The molecule has 2 unspecified atom stereocenters.